The van der Waals surface area contributed by atoms with Gasteiger partial charge in [0.05, 0.1) is 30.2 Å². The highest BCUT2D eigenvalue weighted by Crippen LogP contribution is 2.36. The van der Waals surface area contributed by atoms with Crippen LogP contribution in [0.1, 0.15) is 70.8 Å². The summed E-state index contributed by atoms with van der Waals surface area (Å²) in [6, 6.07) is 6.91. The summed E-state index contributed by atoms with van der Waals surface area (Å²) in [5, 5.41) is 5.18. The molecule has 174 valence electrons. The van der Waals surface area contributed by atoms with Crippen LogP contribution >= 0.6 is 0 Å². The van der Waals surface area contributed by atoms with Crippen LogP contribution in [0.25, 0.3) is 0 Å². The second kappa shape index (κ2) is 9.40. The maximum atomic E-state index is 12.7. The van der Waals surface area contributed by atoms with Crippen LogP contribution in [0.4, 0.5) is 5.69 Å². The van der Waals surface area contributed by atoms with E-state index in [2.05, 4.69) is 15.6 Å². The van der Waals surface area contributed by atoms with Crippen molar-refractivity contribution in [3.05, 3.63) is 52.3 Å². The van der Waals surface area contributed by atoms with Crippen molar-refractivity contribution >= 4 is 35.2 Å². The number of Topliss-reactive ketones (excluding diaryl/α,β-unsaturated/α-hetero) is 1. The summed E-state index contributed by atoms with van der Waals surface area (Å²) in [6.07, 6.45) is 1.09. The predicted octanol–water partition coefficient (Wildman–Crippen LogP) is 2.58. The molecule has 1 saturated heterocycles. The van der Waals surface area contributed by atoms with Crippen molar-refractivity contribution in [2.24, 2.45) is 0 Å². The van der Waals surface area contributed by atoms with E-state index in [0.717, 1.165) is 5.56 Å². The lowest BCUT2D eigenvalue weighted by Gasteiger charge is -2.35. The highest BCUT2D eigenvalue weighted by molar-refractivity contribution is 6.04. The number of H-pyrrole nitrogens is 1. The third-order valence-corrected chi connectivity index (χ3v) is 6.20. The van der Waals surface area contributed by atoms with E-state index in [1.54, 1.807) is 31.2 Å². The van der Waals surface area contributed by atoms with Crippen molar-refractivity contribution in [2.75, 3.05) is 12.4 Å². The first-order valence-electron chi connectivity index (χ1n) is 10.7. The molecule has 1 fully saturated rings. The molecular weight excluding hydrogens is 426 g/mol. The number of piperidine rings is 1. The van der Waals surface area contributed by atoms with Gasteiger partial charge in [-0.2, -0.15) is 0 Å². The summed E-state index contributed by atoms with van der Waals surface area (Å²) >= 11 is 0. The number of carbonyl (C=O) groups is 5. The van der Waals surface area contributed by atoms with E-state index < -0.39 is 17.3 Å². The molecule has 3 rings (SSSR count). The largest absolute Gasteiger partial charge is 0.465 e. The maximum absolute atomic E-state index is 12.7. The zero-order chi connectivity index (χ0) is 24.3. The molecule has 1 aromatic heterocycles. The fourth-order valence-electron chi connectivity index (χ4n) is 4.33. The van der Waals surface area contributed by atoms with Crippen LogP contribution in [0.3, 0.4) is 0 Å². The lowest BCUT2D eigenvalue weighted by atomic mass is 9.72. The van der Waals surface area contributed by atoms with Crippen LogP contribution in [-0.4, -0.2) is 41.6 Å². The first kappa shape index (κ1) is 23.9. The third kappa shape index (κ3) is 4.57. The number of aromatic amines is 1. The topological polar surface area (TPSA) is 134 Å². The molecule has 0 saturated carbocycles. The molecule has 1 aliphatic rings. The summed E-state index contributed by atoms with van der Waals surface area (Å²) in [4.78, 5) is 63.7. The smallest absolute Gasteiger partial charge is 0.339 e. The SMILES string of the molecule is CCC1(c2ccc(NC(=O)Cc3[nH]c(C(C)=O)c(C)c3C(=O)OC)cc2)CCC(=O)NC1=O. The quantitative estimate of drug-likeness (QED) is 0.335. The van der Waals surface area contributed by atoms with Crippen LogP contribution in [0.2, 0.25) is 0 Å². The van der Waals surface area contributed by atoms with Gasteiger partial charge in [-0.25, -0.2) is 4.79 Å². The molecule has 0 radical (unpaired) electrons. The van der Waals surface area contributed by atoms with Gasteiger partial charge in [0.15, 0.2) is 5.78 Å². The maximum Gasteiger partial charge on any atom is 0.339 e. The molecule has 3 amide bonds. The van der Waals surface area contributed by atoms with E-state index in [1.165, 1.54) is 14.0 Å². The van der Waals surface area contributed by atoms with E-state index >= 15 is 0 Å². The lowest BCUT2D eigenvalue weighted by molar-refractivity contribution is -0.138. The number of amides is 3. The summed E-state index contributed by atoms with van der Waals surface area (Å²) in [5.41, 5.74) is 1.68. The van der Waals surface area contributed by atoms with Gasteiger partial charge in [-0.05, 0) is 43.0 Å². The van der Waals surface area contributed by atoms with Crippen LogP contribution in [-0.2, 0) is 31.0 Å². The Morgan fingerprint density at radius 1 is 1.15 bits per heavy atom. The highest BCUT2D eigenvalue weighted by atomic mass is 16.5. The number of imide groups is 1. The number of carbonyl (C=O) groups excluding carboxylic acids is 5. The second-order valence-corrected chi connectivity index (χ2v) is 8.14. The summed E-state index contributed by atoms with van der Waals surface area (Å²) < 4.78 is 4.80. The van der Waals surface area contributed by atoms with Crippen LogP contribution in [0, 0.1) is 6.92 Å². The highest BCUT2D eigenvalue weighted by Gasteiger charge is 2.42. The van der Waals surface area contributed by atoms with Gasteiger partial charge < -0.3 is 15.0 Å². The predicted molar refractivity (Wildman–Crippen MR) is 120 cm³/mol. The van der Waals surface area contributed by atoms with Gasteiger partial charge in [-0.15, -0.1) is 0 Å². The Labute approximate surface area is 191 Å². The van der Waals surface area contributed by atoms with Crippen molar-refractivity contribution in [3.63, 3.8) is 0 Å². The van der Waals surface area contributed by atoms with Gasteiger partial charge in [0.1, 0.15) is 0 Å². The first-order valence-corrected chi connectivity index (χ1v) is 10.7. The molecular formula is C24H27N3O6. The number of anilines is 1. The minimum atomic E-state index is -0.781. The number of methoxy groups -OCH3 is 1. The summed E-state index contributed by atoms with van der Waals surface area (Å²) in [5.74, 6) is -1.85. The fourth-order valence-corrected chi connectivity index (χ4v) is 4.33. The third-order valence-electron chi connectivity index (χ3n) is 6.20. The normalized spacial score (nSPS) is 17.9. The average molecular weight is 453 g/mol. The fraction of sp³-hybridized carbons (Fsp3) is 0.375. The van der Waals surface area contributed by atoms with E-state index in [0.29, 0.717) is 29.8 Å². The van der Waals surface area contributed by atoms with Gasteiger partial charge in [-0.3, -0.25) is 24.5 Å². The lowest BCUT2D eigenvalue weighted by Crippen LogP contribution is -2.51. The number of aromatic nitrogens is 1. The van der Waals surface area contributed by atoms with Gasteiger partial charge in [0.2, 0.25) is 17.7 Å². The van der Waals surface area contributed by atoms with Crippen LogP contribution in [0.15, 0.2) is 24.3 Å². The molecule has 0 spiro atoms. The Hall–Kier alpha value is -3.75. The molecule has 2 heterocycles. The Morgan fingerprint density at radius 2 is 1.82 bits per heavy atom. The van der Waals surface area contributed by atoms with Gasteiger partial charge in [-0.1, -0.05) is 19.1 Å². The van der Waals surface area contributed by atoms with Gasteiger partial charge >= 0.3 is 5.97 Å². The molecule has 3 N–H and O–H groups in total. The molecule has 0 aliphatic carbocycles. The number of ketones is 1. The summed E-state index contributed by atoms with van der Waals surface area (Å²) in [7, 11) is 1.24. The van der Waals surface area contributed by atoms with E-state index in [4.69, 9.17) is 4.74 Å². The molecule has 1 aliphatic heterocycles. The molecule has 1 unspecified atom stereocenters. The van der Waals surface area contributed by atoms with Crippen molar-refractivity contribution in [3.8, 4) is 0 Å². The Bertz CT molecular complexity index is 1130. The Balaban J connectivity index is 1.78. The summed E-state index contributed by atoms with van der Waals surface area (Å²) in [6.45, 7) is 4.90. The molecule has 33 heavy (non-hydrogen) atoms. The Kier molecular flexibility index (Phi) is 6.81. The standard InChI is InChI=1S/C24H27N3O6/c1-5-24(11-10-18(29)27-23(24)32)15-6-8-16(9-7-15)25-19(30)12-17-20(22(31)33-4)13(2)21(26-17)14(3)28/h6-9,26H,5,10-12H2,1-4H3,(H,25,30)(H,27,29,32). The molecule has 9 heteroatoms. The molecule has 2 aromatic rings. The monoisotopic (exact) mass is 453 g/mol. The van der Waals surface area contributed by atoms with Crippen LogP contribution < -0.4 is 10.6 Å². The zero-order valence-corrected chi connectivity index (χ0v) is 19.1. The molecule has 0 bridgehead atoms. The van der Waals surface area contributed by atoms with E-state index in [-0.39, 0.29) is 41.7 Å². The number of nitrogens with one attached hydrogen (secondary N) is 3. The number of ether oxygens (including phenoxy) is 1. The zero-order valence-electron chi connectivity index (χ0n) is 19.1. The number of hydrogen-bond acceptors (Lipinski definition) is 6. The van der Waals surface area contributed by atoms with E-state index in [1.807, 2.05) is 6.92 Å². The first-order chi connectivity index (χ1) is 15.6. The van der Waals surface area contributed by atoms with E-state index in [9.17, 15) is 24.0 Å². The van der Waals surface area contributed by atoms with Gasteiger partial charge in [0.25, 0.3) is 0 Å². The minimum absolute atomic E-state index is 0.163. The minimum Gasteiger partial charge on any atom is -0.465 e. The Morgan fingerprint density at radius 3 is 2.36 bits per heavy atom. The number of rotatable bonds is 7. The second-order valence-electron chi connectivity index (χ2n) is 8.14. The average Bonchev–Trinajstić information content (AvgIpc) is 3.10. The number of benzene rings is 1. The molecule has 9 nitrogen and oxygen atoms in total. The van der Waals surface area contributed by atoms with Crippen molar-refractivity contribution in [1.82, 2.24) is 10.3 Å². The molecule has 1 aromatic carbocycles. The molecule has 1 atom stereocenters. The van der Waals surface area contributed by atoms with Crippen molar-refractivity contribution < 1.29 is 28.7 Å². The number of hydrogen-bond donors (Lipinski definition) is 3. The van der Waals surface area contributed by atoms with Crippen molar-refractivity contribution in [2.45, 2.75) is 51.9 Å². The van der Waals surface area contributed by atoms with Gasteiger partial charge in [0, 0.05) is 24.7 Å². The number of esters is 1. The van der Waals surface area contributed by atoms with Crippen LogP contribution in [0.5, 0.6) is 0 Å². The van der Waals surface area contributed by atoms with Crippen molar-refractivity contribution in [1.29, 1.82) is 0 Å².